The van der Waals surface area contributed by atoms with Gasteiger partial charge in [-0.05, 0) is 41.3 Å². The number of para-hydroxylation sites is 1. The maximum absolute atomic E-state index is 14.2. The van der Waals surface area contributed by atoms with E-state index in [1.807, 2.05) is 97.1 Å². The molecule has 0 amide bonds. The standard InChI is InChI=1S/C33H22N2O3S/c1-38-33(37)35-29-24-17-9-10-18-25(24)34(32(36)22-14-6-3-7-15-22)31(29)28(21-12-4-2-5-13-21)30(35)27-20-23-16-8-11-19-26(23)39-27/h2-20H,1H3. The number of benzene rings is 4. The quantitative estimate of drug-likeness (QED) is 0.232. The van der Waals surface area contributed by atoms with Gasteiger partial charge in [0, 0.05) is 21.2 Å². The van der Waals surface area contributed by atoms with Gasteiger partial charge >= 0.3 is 6.09 Å². The van der Waals surface area contributed by atoms with Crippen LogP contribution >= 0.6 is 11.3 Å². The minimum absolute atomic E-state index is 0.163. The van der Waals surface area contributed by atoms with Crippen molar-refractivity contribution in [1.29, 1.82) is 0 Å². The Morgan fingerprint density at radius 3 is 2.13 bits per heavy atom. The van der Waals surface area contributed by atoms with E-state index in [9.17, 15) is 9.59 Å². The largest absolute Gasteiger partial charge is 0.452 e. The van der Waals surface area contributed by atoms with E-state index >= 15 is 0 Å². The molecule has 0 aliphatic carbocycles. The smallest absolute Gasteiger partial charge is 0.418 e. The first-order valence-corrected chi connectivity index (χ1v) is 13.4. The molecule has 6 heteroatoms. The second-order valence-electron chi connectivity index (χ2n) is 9.26. The van der Waals surface area contributed by atoms with Crippen LogP contribution < -0.4 is 0 Å². The second kappa shape index (κ2) is 9.11. The molecule has 4 aromatic carbocycles. The summed E-state index contributed by atoms with van der Waals surface area (Å²) in [5.41, 5.74) is 5.04. The number of fused-ring (bicyclic) bond motifs is 4. The summed E-state index contributed by atoms with van der Waals surface area (Å²) in [4.78, 5) is 28.7. The normalized spacial score (nSPS) is 11.4. The Kier molecular flexibility index (Phi) is 5.42. The number of aromatic nitrogens is 2. The summed E-state index contributed by atoms with van der Waals surface area (Å²) in [7, 11) is 1.39. The van der Waals surface area contributed by atoms with Crippen molar-refractivity contribution in [3.05, 3.63) is 121 Å². The van der Waals surface area contributed by atoms with E-state index in [4.69, 9.17) is 4.74 Å². The summed E-state index contributed by atoms with van der Waals surface area (Å²) >= 11 is 1.61. The molecule has 0 saturated heterocycles. The molecular weight excluding hydrogens is 504 g/mol. The Morgan fingerprint density at radius 1 is 0.718 bits per heavy atom. The Hall–Kier alpha value is -4.94. The van der Waals surface area contributed by atoms with Crippen molar-refractivity contribution < 1.29 is 14.3 Å². The summed E-state index contributed by atoms with van der Waals surface area (Å²) in [6.07, 6.45) is -0.510. The average Bonchev–Trinajstić information content (AvgIpc) is 3.66. The number of carbonyl (C=O) groups is 2. The van der Waals surface area contributed by atoms with Crippen molar-refractivity contribution in [3.63, 3.8) is 0 Å². The first-order valence-electron chi connectivity index (χ1n) is 12.6. The fourth-order valence-corrected chi connectivity index (χ4v) is 6.52. The van der Waals surface area contributed by atoms with Gasteiger partial charge in [-0.25, -0.2) is 9.36 Å². The third-order valence-electron chi connectivity index (χ3n) is 7.07. The lowest BCUT2D eigenvalue weighted by Crippen LogP contribution is -2.12. The van der Waals surface area contributed by atoms with Crippen LogP contribution in [0, 0.1) is 0 Å². The zero-order valence-corrected chi connectivity index (χ0v) is 21.8. The summed E-state index contributed by atoms with van der Waals surface area (Å²) in [6, 6.07) is 37.1. The lowest BCUT2D eigenvalue weighted by molar-refractivity contribution is 0.0969. The third kappa shape index (κ3) is 3.53. The van der Waals surface area contributed by atoms with Gasteiger partial charge in [0.05, 0.1) is 34.2 Å². The molecule has 0 atom stereocenters. The maximum Gasteiger partial charge on any atom is 0.418 e. The van der Waals surface area contributed by atoms with Gasteiger partial charge in [0.1, 0.15) is 0 Å². The highest BCUT2D eigenvalue weighted by atomic mass is 32.1. The van der Waals surface area contributed by atoms with Crippen molar-refractivity contribution in [1.82, 2.24) is 9.13 Å². The zero-order valence-electron chi connectivity index (χ0n) is 21.0. The van der Waals surface area contributed by atoms with Crippen LogP contribution in [0.25, 0.3) is 53.7 Å². The summed E-state index contributed by atoms with van der Waals surface area (Å²) < 4.78 is 9.87. The number of methoxy groups -OCH3 is 1. The van der Waals surface area contributed by atoms with Gasteiger partial charge in [0.25, 0.3) is 5.91 Å². The van der Waals surface area contributed by atoms with Gasteiger partial charge < -0.3 is 4.74 Å². The highest BCUT2D eigenvalue weighted by Gasteiger charge is 2.32. The highest BCUT2D eigenvalue weighted by molar-refractivity contribution is 7.22. The molecule has 0 unspecified atom stereocenters. The first kappa shape index (κ1) is 23.2. The Morgan fingerprint density at radius 2 is 1.38 bits per heavy atom. The Bertz CT molecular complexity index is 2000. The van der Waals surface area contributed by atoms with Crippen LogP contribution in [0.4, 0.5) is 4.79 Å². The van der Waals surface area contributed by atoms with Crippen molar-refractivity contribution in [2.75, 3.05) is 7.11 Å². The lowest BCUT2D eigenvalue weighted by Gasteiger charge is -2.11. The number of hydrogen-bond acceptors (Lipinski definition) is 4. The van der Waals surface area contributed by atoms with Crippen LogP contribution in [0.15, 0.2) is 115 Å². The average molecular weight is 527 g/mol. The minimum Gasteiger partial charge on any atom is -0.452 e. The van der Waals surface area contributed by atoms with E-state index in [1.54, 1.807) is 20.5 Å². The number of thiophene rings is 1. The maximum atomic E-state index is 14.2. The van der Waals surface area contributed by atoms with E-state index in [2.05, 4.69) is 18.2 Å². The molecule has 7 rings (SSSR count). The molecule has 188 valence electrons. The fraction of sp³-hybridized carbons (Fsp3) is 0.0303. The molecule has 0 aliphatic rings. The SMILES string of the molecule is COC(=O)n1c(-c2cc3ccccc3s2)c(-c2ccccc2)c2c1c1ccccc1n2C(=O)c1ccccc1. The zero-order chi connectivity index (χ0) is 26.5. The van der Waals surface area contributed by atoms with Crippen LogP contribution in [0.2, 0.25) is 0 Å². The van der Waals surface area contributed by atoms with Crippen LogP contribution in [-0.2, 0) is 4.74 Å². The molecule has 39 heavy (non-hydrogen) atoms. The molecule has 3 aromatic heterocycles. The van der Waals surface area contributed by atoms with Crippen molar-refractivity contribution in [2.45, 2.75) is 0 Å². The molecule has 0 spiro atoms. The van der Waals surface area contributed by atoms with Crippen LogP contribution in [0.1, 0.15) is 10.4 Å². The molecular formula is C33H22N2O3S. The monoisotopic (exact) mass is 526 g/mol. The Labute approximate surface area is 228 Å². The second-order valence-corrected chi connectivity index (χ2v) is 10.3. The van der Waals surface area contributed by atoms with E-state index in [-0.39, 0.29) is 5.91 Å². The molecule has 7 aromatic rings. The molecule has 0 aliphatic heterocycles. The molecule has 0 fully saturated rings. The van der Waals surface area contributed by atoms with E-state index < -0.39 is 6.09 Å². The first-order chi connectivity index (χ1) is 19.2. The number of carbonyl (C=O) groups excluding carboxylic acids is 2. The topological polar surface area (TPSA) is 53.2 Å². The predicted molar refractivity (Wildman–Crippen MR) is 158 cm³/mol. The number of ether oxygens (including phenoxy) is 1. The van der Waals surface area contributed by atoms with Gasteiger partial charge in [-0.15, -0.1) is 11.3 Å². The number of nitrogens with zero attached hydrogens (tertiary/aromatic N) is 2. The minimum atomic E-state index is -0.510. The molecule has 0 radical (unpaired) electrons. The summed E-state index contributed by atoms with van der Waals surface area (Å²) in [5.74, 6) is -0.163. The van der Waals surface area contributed by atoms with Gasteiger partial charge in [-0.1, -0.05) is 84.9 Å². The van der Waals surface area contributed by atoms with Gasteiger partial charge in [-0.2, -0.15) is 0 Å². The van der Waals surface area contributed by atoms with Gasteiger partial charge in [0.15, 0.2) is 0 Å². The lowest BCUT2D eigenvalue weighted by atomic mass is 10.0. The van der Waals surface area contributed by atoms with Gasteiger partial charge in [0.2, 0.25) is 0 Å². The van der Waals surface area contributed by atoms with Crippen molar-refractivity contribution in [3.8, 4) is 21.7 Å². The van der Waals surface area contributed by atoms with Gasteiger partial charge in [-0.3, -0.25) is 9.36 Å². The van der Waals surface area contributed by atoms with Crippen LogP contribution in [0.5, 0.6) is 0 Å². The molecule has 5 nitrogen and oxygen atoms in total. The Balaban J connectivity index is 1.71. The summed E-state index contributed by atoms with van der Waals surface area (Å²) in [5, 5.41) is 1.89. The molecule has 0 N–H and O–H groups in total. The molecule has 3 heterocycles. The van der Waals surface area contributed by atoms with Crippen LogP contribution in [-0.4, -0.2) is 28.2 Å². The van der Waals surface area contributed by atoms with Crippen molar-refractivity contribution >= 4 is 55.4 Å². The van der Waals surface area contributed by atoms with E-state index in [1.165, 1.54) is 7.11 Å². The fourth-order valence-electron chi connectivity index (χ4n) is 5.42. The third-order valence-corrected chi connectivity index (χ3v) is 8.19. The van der Waals surface area contributed by atoms with E-state index in [0.717, 1.165) is 37.0 Å². The summed E-state index contributed by atoms with van der Waals surface area (Å²) in [6.45, 7) is 0. The van der Waals surface area contributed by atoms with Crippen LogP contribution in [0.3, 0.4) is 0 Å². The number of hydrogen-bond donors (Lipinski definition) is 0. The number of rotatable bonds is 3. The van der Waals surface area contributed by atoms with E-state index in [0.29, 0.717) is 22.3 Å². The molecule has 0 saturated carbocycles. The highest BCUT2D eigenvalue weighted by Crippen LogP contribution is 2.47. The predicted octanol–water partition coefficient (Wildman–Crippen LogP) is 8.45. The van der Waals surface area contributed by atoms with Crippen molar-refractivity contribution in [2.24, 2.45) is 0 Å². The molecule has 0 bridgehead atoms.